The van der Waals surface area contributed by atoms with Crippen LogP contribution in [0.3, 0.4) is 0 Å². The number of aryl methyl sites for hydroxylation is 1. The van der Waals surface area contributed by atoms with E-state index in [9.17, 15) is 26.5 Å². The molecule has 1 N–H and O–H groups in total. The number of aromatic amines is 1. The largest absolute Gasteiger partial charge is 0.609 e. The lowest BCUT2D eigenvalue weighted by Gasteiger charge is -2.19. The summed E-state index contributed by atoms with van der Waals surface area (Å²) < 4.78 is 84.4. The molecule has 0 saturated carbocycles. The number of nitrogens with zero attached hydrogens (tertiary/aromatic N) is 2. The average molecular weight is 435 g/mol. The Hall–Kier alpha value is -2.60. The Morgan fingerprint density at radius 2 is 1.90 bits per heavy atom. The Labute approximate surface area is 164 Å². The van der Waals surface area contributed by atoms with Crippen LogP contribution in [0.1, 0.15) is 11.3 Å². The van der Waals surface area contributed by atoms with Crippen LogP contribution in [-0.4, -0.2) is 38.9 Å². The fourth-order valence-corrected chi connectivity index (χ4v) is 3.37. The van der Waals surface area contributed by atoms with Gasteiger partial charge in [0.05, 0.1) is 23.8 Å². The molecule has 1 unspecified atom stereocenters. The van der Waals surface area contributed by atoms with Crippen molar-refractivity contribution in [3.63, 3.8) is 0 Å². The number of halogens is 5. The minimum atomic E-state index is -5.86. The molecule has 0 aliphatic rings. The first-order valence-corrected chi connectivity index (χ1v) is 9.33. The van der Waals surface area contributed by atoms with E-state index in [-0.39, 0.29) is 16.4 Å². The SMILES string of the molecule is COc1cc(C[S+]([O-])c2nc3cc(OC(F)(F)C(F)(F)F)ccc3[nH]2)ncc1C. The minimum Gasteiger partial charge on any atom is -0.609 e. The van der Waals surface area contributed by atoms with E-state index in [1.54, 1.807) is 19.2 Å². The zero-order chi connectivity index (χ0) is 21.4. The molecule has 0 fully saturated rings. The first-order valence-electron chi connectivity index (χ1n) is 8.01. The molecule has 0 aliphatic heterocycles. The van der Waals surface area contributed by atoms with Gasteiger partial charge in [-0.1, -0.05) is 0 Å². The number of hydrogen-bond donors (Lipinski definition) is 1. The van der Waals surface area contributed by atoms with Gasteiger partial charge in [-0.05, 0) is 19.1 Å². The van der Waals surface area contributed by atoms with E-state index in [0.717, 1.165) is 17.7 Å². The van der Waals surface area contributed by atoms with E-state index in [1.807, 2.05) is 0 Å². The van der Waals surface area contributed by atoms with Gasteiger partial charge < -0.3 is 14.0 Å². The number of alkyl halides is 5. The normalized spacial score (nSPS) is 13.5. The van der Waals surface area contributed by atoms with E-state index < -0.39 is 29.2 Å². The van der Waals surface area contributed by atoms with Gasteiger partial charge in [0.2, 0.25) is 0 Å². The predicted octanol–water partition coefficient (Wildman–Crippen LogP) is 4.12. The molecule has 2 aromatic heterocycles. The maximum atomic E-state index is 13.0. The molecule has 0 bridgehead atoms. The molecular weight excluding hydrogens is 421 g/mol. The van der Waals surface area contributed by atoms with E-state index >= 15 is 0 Å². The van der Waals surface area contributed by atoms with Gasteiger partial charge in [0.25, 0.3) is 0 Å². The predicted molar refractivity (Wildman–Crippen MR) is 93.4 cm³/mol. The first kappa shape index (κ1) is 21.1. The molecule has 2 heterocycles. The van der Waals surface area contributed by atoms with E-state index in [1.165, 1.54) is 13.2 Å². The molecule has 3 aromatic rings. The molecule has 0 radical (unpaired) electrons. The molecule has 6 nitrogen and oxygen atoms in total. The van der Waals surface area contributed by atoms with Gasteiger partial charge in [0.15, 0.2) is 5.75 Å². The second kappa shape index (κ2) is 7.67. The van der Waals surface area contributed by atoms with Crippen LogP contribution in [0.15, 0.2) is 35.6 Å². The van der Waals surface area contributed by atoms with Crippen LogP contribution < -0.4 is 9.47 Å². The van der Waals surface area contributed by atoms with Crippen molar-refractivity contribution < 1.29 is 36.0 Å². The van der Waals surface area contributed by atoms with Crippen LogP contribution in [-0.2, 0) is 16.9 Å². The van der Waals surface area contributed by atoms with Gasteiger partial charge in [0.1, 0.15) is 11.5 Å². The van der Waals surface area contributed by atoms with Gasteiger partial charge in [-0.3, -0.25) is 9.97 Å². The topological polar surface area (TPSA) is 83.1 Å². The lowest BCUT2D eigenvalue weighted by Crippen LogP contribution is -2.41. The third-order valence-corrected chi connectivity index (χ3v) is 5.02. The molecule has 1 atom stereocenters. The number of imidazole rings is 1. The zero-order valence-corrected chi connectivity index (χ0v) is 15.8. The third-order valence-electron chi connectivity index (χ3n) is 3.83. The molecule has 156 valence electrons. The number of ether oxygens (including phenoxy) is 2. The summed E-state index contributed by atoms with van der Waals surface area (Å²) >= 11 is -1.68. The number of H-pyrrole nitrogens is 1. The Morgan fingerprint density at radius 3 is 2.55 bits per heavy atom. The summed E-state index contributed by atoms with van der Waals surface area (Å²) in [6.45, 7) is 1.80. The van der Waals surface area contributed by atoms with Crippen molar-refractivity contribution in [2.45, 2.75) is 30.1 Å². The van der Waals surface area contributed by atoms with Crippen molar-refractivity contribution in [2.24, 2.45) is 0 Å². The summed E-state index contributed by atoms with van der Waals surface area (Å²) in [6, 6.07) is 4.66. The van der Waals surface area contributed by atoms with Crippen molar-refractivity contribution >= 4 is 22.2 Å². The van der Waals surface area contributed by atoms with Crippen LogP contribution in [0.2, 0.25) is 0 Å². The standard InChI is InChI=1S/C17H14F5N3O3S/c1-9-7-23-10(5-14(9)27-2)8-29(26)15-24-12-4-3-11(6-13(12)25-15)28-17(21,22)16(18,19)20/h3-7H,8H2,1-2H3,(H,24,25). The highest BCUT2D eigenvalue weighted by Crippen LogP contribution is 2.37. The maximum Gasteiger partial charge on any atom is 0.499 e. The number of methoxy groups -OCH3 is 1. The number of benzene rings is 1. The Bertz CT molecular complexity index is 1030. The average Bonchev–Trinajstić information content (AvgIpc) is 3.05. The van der Waals surface area contributed by atoms with Crippen LogP contribution in [0.25, 0.3) is 11.0 Å². The molecule has 0 saturated heterocycles. The summed E-state index contributed by atoms with van der Waals surface area (Å²) in [5.74, 6) is -0.163. The number of pyridine rings is 1. The van der Waals surface area contributed by atoms with Crippen LogP contribution in [0.4, 0.5) is 22.0 Å². The van der Waals surface area contributed by atoms with E-state index in [2.05, 4.69) is 19.7 Å². The van der Waals surface area contributed by atoms with Gasteiger partial charge in [-0.2, -0.15) is 26.9 Å². The molecule has 12 heteroatoms. The number of aromatic nitrogens is 3. The third kappa shape index (κ3) is 4.53. The van der Waals surface area contributed by atoms with Crippen molar-refractivity contribution in [1.82, 2.24) is 15.0 Å². The van der Waals surface area contributed by atoms with E-state index in [0.29, 0.717) is 17.0 Å². The van der Waals surface area contributed by atoms with Gasteiger partial charge in [-0.25, -0.2) is 0 Å². The second-order valence-electron chi connectivity index (χ2n) is 5.97. The van der Waals surface area contributed by atoms with E-state index in [4.69, 9.17) is 4.74 Å². The molecule has 3 rings (SSSR count). The highest BCUT2D eigenvalue weighted by atomic mass is 32.2. The van der Waals surface area contributed by atoms with Crippen LogP contribution in [0, 0.1) is 6.92 Å². The zero-order valence-electron chi connectivity index (χ0n) is 15.0. The maximum absolute atomic E-state index is 13.0. The summed E-state index contributed by atoms with van der Waals surface area (Å²) in [5, 5.41) is 0.0149. The van der Waals surface area contributed by atoms with Crippen molar-refractivity contribution in [3.05, 3.63) is 41.7 Å². The van der Waals surface area contributed by atoms with Crippen molar-refractivity contribution in [3.8, 4) is 11.5 Å². The highest BCUT2D eigenvalue weighted by molar-refractivity contribution is 7.90. The molecular formula is C17H14F5N3O3S. The van der Waals surface area contributed by atoms with Crippen LogP contribution >= 0.6 is 0 Å². The van der Waals surface area contributed by atoms with Gasteiger partial charge >= 0.3 is 17.4 Å². The van der Waals surface area contributed by atoms with Crippen molar-refractivity contribution in [1.29, 1.82) is 0 Å². The molecule has 0 spiro atoms. The molecule has 0 amide bonds. The molecule has 29 heavy (non-hydrogen) atoms. The number of fused-ring (bicyclic) bond motifs is 1. The number of rotatable bonds is 6. The second-order valence-corrected chi connectivity index (χ2v) is 7.34. The lowest BCUT2D eigenvalue weighted by molar-refractivity contribution is -0.360. The Balaban J connectivity index is 1.80. The number of nitrogens with one attached hydrogen (secondary N) is 1. The van der Waals surface area contributed by atoms with Crippen LogP contribution in [0.5, 0.6) is 11.5 Å². The minimum absolute atomic E-state index is 0.00797. The Morgan fingerprint density at radius 1 is 1.17 bits per heavy atom. The van der Waals surface area contributed by atoms with Gasteiger partial charge in [0, 0.05) is 35.1 Å². The first-order chi connectivity index (χ1) is 13.5. The molecule has 1 aromatic carbocycles. The fourth-order valence-electron chi connectivity index (χ4n) is 2.39. The molecule has 0 aliphatic carbocycles. The van der Waals surface area contributed by atoms with Crippen molar-refractivity contribution in [2.75, 3.05) is 7.11 Å². The number of hydrogen-bond acceptors (Lipinski definition) is 5. The Kier molecular flexibility index (Phi) is 5.59. The summed E-state index contributed by atoms with van der Waals surface area (Å²) in [7, 11) is 1.49. The summed E-state index contributed by atoms with van der Waals surface area (Å²) in [6.07, 6.45) is -9.64. The smallest absolute Gasteiger partial charge is 0.499 e. The lowest BCUT2D eigenvalue weighted by atomic mass is 10.2. The van der Waals surface area contributed by atoms with Gasteiger partial charge in [-0.15, -0.1) is 0 Å². The fraction of sp³-hybridized carbons (Fsp3) is 0.294. The highest BCUT2D eigenvalue weighted by Gasteiger charge is 2.61. The summed E-state index contributed by atoms with van der Waals surface area (Å²) in [5.41, 5.74) is 1.60. The quantitative estimate of drug-likeness (QED) is 0.465. The summed E-state index contributed by atoms with van der Waals surface area (Å²) in [4.78, 5) is 10.9. The monoisotopic (exact) mass is 435 g/mol.